The van der Waals surface area contributed by atoms with Crippen LogP contribution < -0.4 is 10.1 Å². The normalized spacial score (nSPS) is 11.7. The number of ether oxygens (including phenoxy) is 2. The molecule has 6 aromatic rings. The topological polar surface area (TPSA) is 124 Å². The Kier molecular flexibility index (Phi) is 8.13. The van der Waals surface area contributed by atoms with Crippen molar-refractivity contribution in [2.75, 3.05) is 5.32 Å². The number of nitrogens with one attached hydrogen (secondary N) is 1. The number of anilines is 1. The molecule has 230 valence electrons. The zero-order valence-electron chi connectivity index (χ0n) is 24.5. The third-order valence-corrected chi connectivity index (χ3v) is 7.24. The first-order chi connectivity index (χ1) is 22.2. The lowest BCUT2D eigenvalue weighted by atomic mass is 10.0. The smallest absolute Gasteiger partial charge is 0.412 e. The first-order valence-corrected chi connectivity index (χ1v) is 14.1. The number of carbonyl (C=O) groups excluding carboxylic acids is 1. The van der Waals surface area contributed by atoms with Crippen molar-refractivity contribution >= 4 is 28.7 Å². The second kappa shape index (κ2) is 12.5. The van der Waals surface area contributed by atoms with E-state index in [1.807, 2.05) is 30.3 Å². The second-order valence-electron chi connectivity index (χ2n) is 10.3. The Labute approximate surface area is 261 Å². The molecule has 11 heteroatoms. The lowest BCUT2D eigenvalue weighted by Crippen LogP contribution is -2.16. The molecule has 0 aliphatic carbocycles. The van der Waals surface area contributed by atoms with E-state index in [1.165, 1.54) is 6.07 Å². The van der Waals surface area contributed by atoms with Crippen molar-refractivity contribution in [1.29, 1.82) is 0 Å². The quantitative estimate of drug-likeness (QED) is 0.173. The number of hydrogen-bond acceptors (Lipinski definition) is 7. The van der Waals surface area contributed by atoms with Crippen LogP contribution in [0.5, 0.6) is 11.6 Å². The molecule has 0 aliphatic rings. The molecule has 2 heterocycles. The molecule has 1 atom stereocenters. The number of halogens is 2. The van der Waals surface area contributed by atoms with Gasteiger partial charge in [-0.2, -0.15) is 0 Å². The summed E-state index contributed by atoms with van der Waals surface area (Å²) >= 11 is 0. The molecule has 0 unspecified atom stereocenters. The van der Waals surface area contributed by atoms with Gasteiger partial charge in [0, 0.05) is 10.9 Å². The molecule has 2 N–H and O–H groups in total. The van der Waals surface area contributed by atoms with Crippen LogP contribution in [0.25, 0.3) is 33.4 Å². The summed E-state index contributed by atoms with van der Waals surface area (Å²) < 4.78 is 46.8. The van der Waals surface area contributed by atoms with Crippen molar-refractivity contribution in [3.63, 3.8) is 0 Å². The number of hydrogen-bond donors (Lipinski definition) is 2. The van der Waals surface area contributed by atoms with Crippen LogP contribution in [0.2, 0.25) is 0 Å². The molecule has 4 aromatic carbocycles. The number of carboxylic acids is 1. The van der Waals surface area contributed by atoms with E-state index in [0.717, 1.165) is 17.7 Å². The lowest BCUT2D eigenvalue weighted by Gasteiger charge is -2.14. The summed E-state index contributed by atoms with van der Waals surface area (Å²) in [5.41, 5.74) is 2.84. The van der Waals surface area contributed by atoms with Gasteiger partial charge in [-0.15, -0.1) is 0 Å². The SMILES string of the molecule is Cc1noc(-c2ccc(-c3cc(F)c(Oc4nc5ccccc5cc4C(=O)O)c(F)c3)cc2)c1NC(=O)O[C@H](C)c1ccccc1. The van der Waals surface area contributed by atoms with Crippen molar-refractivity contribution in [2.24, 2.45) is 0 Å². The Morgan fingerprint density at radius 2 is 1.52 bits per heavy atom. The Morgan fingerprint density at radius 1 is 0.870 bits per heavy atom. The van der Waals surface area contributed by atoms with Crippen LogP contribution in [0.4, 0.5) is 19.3 Å². The van der Waals surface area contributed by atoms with Crippen molar-refractivity contribution in [1.82, 2.24) is 10.1 Å². The minimum atomic E-state index is -1.36. The van der Waals surface area contributed by atoms with Crippen LogP contribution in [-0.4, -0.2) is 27.3 Å². The monoisotopic (exact) mass is 621 g/mol. The molecule has 0 bridgehead atoms. The van der Waals surface area contributed by atoms with Gasteiger partial charge in [0.1, 0.15) is 23.0 Å². The van der Waals surface area contributed by atoms with E-state index >= 15 is 8.78 Å². The Hall–Kier alpha value is -6.10. The van der Waals surface area contributed by atoms with E-state index in [0.29, 0.717) is 33.4 Å². The fourth-order valence-electron chi connectivity index (χ4n) is 4.86. The third kappa shape index (κ3) is 6.11. The van der Waals surface area contributed by atoms with Gasteiger partial charge in [0.15, 0.2) is 17.4 Å². The molecule has 0 radical (unpaired) electrons. The van der Waals surface area contributed by atoms with Crippen LogP contribution in [0.1, 0.15) is 34.6 Å². The highest BCUT2D eigenvalue weighted by Gasteiger charge is 2.22. The first-order valence-electron chi connectivity index (χ1n) is 14.1. The second-order valence-corrected chi connectivity index (χ2v) is 10.3. The van der Waals surface area contributed by atoms with E-state index in [2.05, 4.69) is 15.5 Å². The van der Waals surface area contributed by atoms with Crippen molar-refractivity contribution in [2.45, 2.75) is 20.0 Å². The van der Waals surface area contributed by atoms with Gasteiger partial charge in [-0.05, 0) is 54.8 Å². The minimum absolute atomic E-state index is 0.199. The summed E-state index contributed by atoms with van der Waals surface area (Å²) in [6.07, 6.45) is -1.19. The third-order valence-electron chi connectivity index (χ3n) is 7.24. The Balaban J connectivity index is 1.22. The summed E-state index contributed by atoms with van der Waals surface area (Å²) in [7, 11) is 0. The van der Waals surface area contributed by atoms with E-state index in [4.69, 9.17) is 14.0 Å². The minimum Gasteiger partial charge on any atom is -0.477 e. The number of nitrogens with zero attached hydrogens (tertiary/aromatic N) is 2. The number of aromatic carboxylic acids is 1. The molecular weight excluding hydrogens is 596 g/mol. The highest BCUT2D eigenvalue weighted by atomic mass is 19.1. The van der Waals surface area contributed by atoms with Gasteiger partial charge in [-0.3, -0.25) is 5.32 Å². The number of para-hydroxylation sites is 1. The van der Waals surface area contributed by atoms with Gasteiger partial charge in [-0.25, -0.2) is 23.4 Å². The van der Waals surface area contributed by atoms with E-state index < -0.39 is 41.4 Å². The molecule has 0 saturated heterocycles. The first kappa shape index (κ1) is 29.9. The van der Waals surface area contributed by atoms with Gasteiger partial charge < -0.3 is 19.1 Å². The maximum atomic E-state index is 15.2. The predicted octanol–water partition coefficient (Wildman–Crippen LogP) is 8.94. The molecule has 0 spiro atoms. The molecule has 0 fully saturated rings. The highest BCUT2D eigenvalue weighted by Crippen LogP contribution is 2.36. The molecule has 2 aromatic heterocycles. The maximum Gasteiger partial charge on any atom is 0.412 e. The number of carbonyl (C=O) groups is 2. The molecule has 0 saturated carbocycles. The average molecular weight is 622 g/mol. The van der Waals surface area contributed by atoms with Crippen LogP contribution >= 0.6 is 0 Å². The predicted molar refractivity (Wildman–Crippen MR) is 166 cm³/mol. The molecule has 6 rings (SSSR count). The van der Waals surface area contributed by atoms with Crippen LogP contribution in [0.3, 0.4) is 0 Å². The van der Waals surface area contributed by atoms with E-state index in [1.54, 1.807) is 62.4 Å². The average Bonchev–Trinajstić information content (AvgIpc) is 3.41. The number of carboxylic acid groups (broad SMARTS) is 1. The van der Waals surface area contributed by atoms with Gasteiger partial charge in [0.05, 0.1) is 5.52 Å². The molecule has 9 nitrogen and oxygen atoms in total. The largest absolute Gasteiger partial charge is 0.477 e. The van der Waals surface area contributed by atoms with Gasteiger partial charge >= 0.3 is 12.1 Å². The molecular formula is C35H25F2N3O6. The Morgan fingerprint density at radius 3 is 2.22 bits per heavy atom. The number of rotatable bonds is 8. The summed E-state index contributed by atoms with van der Waals surface area (Å²) in [6.45, 7) is 3.42. The van der Waals surface area contributed by atoms with Crippen LogP contribution in [0.15, 0.2) is 102 Å². The number of aromatic nitrogens is 2. The van der Waals surface area contributed by atoms with Crippen molar-refractivity contribution in [3.05, 3.63) is 126 Å². The fraction of sp³-hybridized carbons (Fsp3) is 0.0857. The number of pyridine rings is 1. The van der Waals surface area contributed by atoms with Crippen LogP contribution in [-0.2, 0) is 4.74 Å². The summed E-state index contributed by atoms with van der Waals surface area (Å²) in [5, 5.41) is 16.8. The highest BCUT2D eigenvalue weighted by molar-refractivity contribution is 5.95. The van der Waals surface area contributed by atoms with Crippen molar-refractivity contribution in [3.8, 4) is 34.1 Å². The zero-order chi connectivity index (χ0) is 32.4. The van der Waals surface area contributed by atoms with Gasteiger partial charge in [-0.1, -0.05) is 78.0 Å². The summed E-state index contributed by atoms with van der Waals surface area (Å²) in [4.78, 5) is 28.7. The Bertz CT molecular complexity index is 2060. The van der Waals surface area contributed by atoms with E-state index in [9.17, 15) is 14.7 Å². The summed E-state index contributed by atoms with van der Waals surface area (Å²) in [6, 6.07) is 26.0. The molecule has 1 amide bonds. The van der Waals surface area contributed by atoms with Gasteiger partial charge in [0.2, 0.25) is 11.6 Å². The molecule has 46 heavy (non-hydrogen) atoms. The number of fused-ring (bicyclic) bond motifs is 1. The fourth-order valence-corrected chi connectivity index (χ4v) is 4.86. The van der Waals surface area contributed by atoms with Crippen molar-refractivity contribution < 1.29 is 37.5 Å². The standard InChI is InChI=1S/C35H25F2N3O6/c1-19-30(39-35(43)44-20(2)21-8-4-3-5-9-21)31(46-40-19)23-14-12-22(13-15-23)25-17-27(36)32(28(37)18-25)45-33-26(34(41)42)16-24-10-6-7-11-29(24)38-33/h3-18,20H,1-2H3,(H,39,43)(H,41,42)/t20-/m1/s1. The molecule has 0 aliphatic heterocycles. The maximum absolute atomic E-state index is 15.2. The number of aryl methyl sites for hydroxylation is 1. The number of benzene rings is 4. The van der Waals surface area contributed by atoms with Crippen LogP contribution in [0, 0.1) is 18.6 Å². The summed E-state index contributed by atoms with van der Waals surface area (Å²) in [5.74, 6) is -4.41. The zero-order valence-corrected chi connectivity index (χ0v) is 24.5. The number of amides is 1. The van der Waals surface area contributed by atoms with E-state index in [-0.39, 0.29) is 16.9 Å². The lowest BCUT2D eigenvalue weighted by molar-refractivity contribution is 0.0693. The van der Waals surface area contributed by atoms with Gasteiger partial charge in [0.25, 0.3) is 0 Å².